The average Bonchev–Trinajstić information content (AvgIpc) is 2.90. The van der Waals surface area contributed by atoms with Gasteiger partial charge in [-0.3, -0.25) is 0 Å². The minimum Gasteiger partial charge on any atom is -0.306 e. The second-order valence-electron chi connectivity index (χ2n) is 4.96. The minimum absolute atomic E-state index is 0.624. The summed E-state index contributed by atoms with van der Waals surface area (Å²) < 4.78 is 0. The Morgan fingerprint density at radius 2 is 2.25 bits per heavy atom. The summed E-state index contributed by atoms with van der Waals surface area (Å²) in [5, 5.41) is 3.84. The van der Waals surface area contributed by atoms with Crippen LogP contribution in [-0.2, 0) is 6.42 Å². The summed E-state index contributed by atoms with van der Waals surface area (Å²) in [6.07, 6.45) is 3.91. The molecule has 0 spiro atoms. The van der Waals surface area contributed by atoms with Gasteiger partial charge in [-0.25, -0.2) is 0 Å². The fourth-order valence-corrected chi connectivity index (χ4v) is 4.13. The summed E-state index contributed by atoms with van der Waals surface area (Å²) in [6, 6.07) is 8.14. The Balaban J connectivity index is 1.78. The van der Waals surface area contributed by atoms with Gasteiger partial charge in [0.2, 0.25) is 0 Å². The Morgan fingerprint density at radius 1 is 1.31 bits per heavy atom. The van der Waals surface area contributed by atoms with Gasteiger partial charge in [0.25, 0.3) is 0 Å². The van der Waals surface area contributed by atoms with Gasteiger partial charge in [-0.2, -0.15) is 11.8 Å². The molecule has 3 rings (SSSR count). The van der Waals surface area contributed by atoms with Crippen molar-refractivity contribution in [2.45, 2.75) is 38.3 Å². The molecule has 1 heterocycles. The predicted octanol–water partition coefficient (Wildman–Crippen LogP) is 3.08. The van der Waals surface area contributed by atoms with Crippen molar-refractivity contribution < 1.29 is 0 Å². The molecule has 0 saturated carbocycles. The maximum atomic E-state index is 3.84. The summed E-state index contributed by atoms with van der Waals surface area (Å²) in [5.41, 5.74) is 4.64. The predicted molar refractivity (Wildman–Crippen MR) is 71.1 cm³/mol. The van der Waals surface area contributed by atoms with E-state index in [0.717, 1.165) is 6.04 Å². The smallest absolute Gasteiger partial charge is 0.0328 e. The van der Waals surface area contributed by atoms with Crippen LogP contribution in [0.15, 0.2) is 18.2 Å². The summed E-state index contributed by atoms with van der Waals surface area (Å²) >= 11 is 2.09. The summed E-state index contributed by atoms with van der Waals surface area (Å²) in [7, 11) is 0. The third kappa shape index (κ3) is 1.89. The molecule has 0 amide bonds. The molecule has 1 aromatic carbocycles. The molecule has 2 unspecified atom stereocenters. The molecule has 1 nitrogen and oxygen atoms in total. The molecule has 1 aliphatic heterocycles. The van der Waals surface area contributed by atoms with Crippen molar-refractivity contribution in [3.63, 3.8) is 0 Å². The highest BCUT2D eigenvalue weighted by Gasteiger charge is 2.26. The number of aryl methyl sites for hydroxylation is 1. The van der Waals surface area contributed by atoms with E-state index in [-0.39, 0.29) is 0 Å². The Hall–Kier alpha value is -0.470. The SMILES string of the molecule is Cc1cccc2c1CCC2NC1CCSC1. The third-order valence-electron chi connectivity index (χ3n) is 3.87. The number of benzene rings is 1. The van der Waals surface area contributed by atoms with E-state index < -0.39 is 0 Å². The van der Waals surface area contributed by atoms with Gasteiger partial charge in [0.15, 0.2) is 0 Å². The van der Waals surface area contributed by atoms with Gasteiger partial charge in [-0.15, -0.1) is 0 Å². The van der Waals surface area contributed by atoms with E-state index >= 15 is 0 Å². The Kier molecular flexibility index (Phi) is 2.95. The average molecular weight is 233 g/mol. The summed E-state index contributed by atoms with van der Waals surface area (Å²) in [5.74, 6) is 2.64. The molecule has 0 bridgehead atoms. The zero-order valence-electron chi connectivity index (χ0n) is 9.83. The van der Waals surface area contributed by atoms with Crippen LogP contribution in [0.25, 0.3) is 0 Å². The monoisotopic (exact) mass is 233 g/mol. The van der Waals surface area contributed by atoms with Crippen molar-refractivity contribution in [3.05, 3.63) is 34.9 Å². The van der Waals surface area contributed by atoms with Crippen LogP contribution in [-0.4, -0.2) is 17.5 Å². The van der Waals surface area contributed by atoms with E-state index in [1.54, 1.807) is 11.1 Å². The Bertz CT molecular complexity index is 382. The largest absolute Gasteiger partial charge is 0.306 e. The number of nitrogens with one attached hydrogen (secondary N) is 1. The van der Waals surface area contributed by atoms with Gasteiger partial charge < -0.3 is 5.32 Å². The normalized spacial score (nSPS) is 28.3. The molecule has 86 valence electrons. The van der Waals surface area contributed by atoms with E-state index in [1.807, 2.05) is 0 Å². The number of hydrogen-bond acceptors (Lipinski definition) is 2. The lowest BCUT2D eigenvalue weighted by atomic mass is 10.0. The molecule has 2 atom stereocenters. The Labute approximate surface area is 102 Å². The molecular weight excluding hydrogens is 214 g/mol. The third-order valence-corrected chi connectivity index (χ3v) is 5.03. The maximum absolute atomic E-state index is 3.84. The zero-order valence-corrected chi connectivity index (χ0v) is 10.6. The Morgan fingerprint density at radius 3 is 3.06 bits per heavy atom. The van der Waals surface area contributed by atoms with Crippen LogP contribution < -0.4 is 5.32 Å². The number of hydrogen-bond donors (Lipinski definition) is 1. The van der Waals surface area contributed by atoms with Crippen LogP contribution in [0, 0.1) is 6.92 Å². The lowest BCUT2D eigenvalue weighted by molar-refractivity contribution is 0.459. The van der Waals surface area contributed by atoms with Gasteiger partial charge in [-0.1, -0.05) is 18.2 Å². The quantitative estimate of drug-likeness (QED) is 0.842. The molecule has 2 aliphatic rings. The van der Waals surface area contributed by atoms with Crippen LogP contribution in [0.4, 0.5) is 0 Å². The maximum Gasteiger partial charge on any atom is 0.0328 e. The molecule has 0 aromatic heterocycles. The van der Waals surface area contributed by atoms with Crippen molar-refractivity contribution in [1.29, 1.82) is 0 Å². The second-order valence-corrected chi connectivity index (χ2v) is 6.11. The molecule has 2 heteroatoms. The zero-order chi connectivity index (χ0) is 11.0. The van der Waals surface area contributed by atoms with Gasteiger partial charge in [0, 0.05) is 17.8 Å². The lowest BCUT2D eigenvalue weighted by Crippen LogP contribution is -2.31. The van der Waals surface area contributed by atoms with E-state index in [0.29, 0.717) is 6.04 Å². The standard InChI is InChI=1S/C14H19NS/c1-10-3-2-4-13-12(10)5-6-14(13)15-11-7-8-16-9-11/h2-4,11,14-15H,5-9H2,1H3. The number of rotatable bonds is 2. The van der Waals surface area contributed by atoms with Gasteiger partial charge in [0.1, 0.15) is 0 Å². The van der Waals surface area contributed by atoms with E-state index in [1.165, 1.54) is 36.3 Å². The summed E-state index contributed by atoms with van der Waals surface area (Å²) in [6.45, 7) is 2.24. The molecule has 1 fully saturated rings. The first-order valence-corrected chi connectivity index (χ1v) is 7.42. The lowest BCUT2D eigenvalue weighted by Gasteiger charge is -2.19. The van der Waals surface area contributed by atoms with Crippen molar-refractivity contribution in [1.82, 2.24) is 5.32 Å². The van der Waals surface area contributed by atoms with Crippen LogP contribution in [0.5, 0.6) is 0 Å². The minimum atomic E-state index is 0.624. The van der Waals surface area contributed by atoms with Crippen molar-refractivity contribution in [2.24, 2.45) is 0 Å². The molecule has 16 heavy (non-hydrogen) atoms. The fourth-order valence-electron chi connectivity index (χ4n) is 2.96. The molecule has 1 aliphatic carbocycles. The van der Waals surface area contributed by atoms with Crippen LogP contribution in [0.1, 0.15) is 35.6 Å². The highest BCUT2D eigenvalue weighted by atomic mass is 32.2. The highest BCUT2D eigenvalue weighted by molar-refractivity contribution is 7.99. The van der Waals surface area contributed by atoms with Gasteiger partial charge in [-0.05, 0) is 48.6 Å². The fraction of sp³-hybridized carbons (Fsp3) is 0.571. The first kappa shape index (κ1) is 10.7. The van der Waals surface area contributed by atoms with E-state index in [9.17, 15) is 0 Å². The summed E-state index contributed by atoms with van der Waals surface area (Å²) in [4.78, 5) is 0. The molecule has 1 N–H and O–H groups in total. The number of thioether (sulfide) groups is 1. The van der Waals surface area contributed by atoms with Crippen molar-refractivity contribution in [2.75, 3.05) is 11.5 Å². The van der Waals surface area contributed by atoms with Crippen molar-refractivity contribution >= 4 is 11.8 Å². The molecule has 1 saturated heterocycles. The van der Waals surface area contributed by atoms with Crippen LogP contribution in [0.2, 0.25) is 0 Å². The topological polar surface area (TPSA) is 12.0 Å². The second kappa shape index (κ2) is 4.42. The van der Waals surface area contributed by atoms with Crippen LogP contribution in [0.3, 0.4) is 0 Å². The number of fused-ring (bicyclic) bond motifs is 1. The molecule has 1 aromatic rings. The van der Waals surface area contributed by atoms with E-state index in [2.05, 4.69) is 42.2 Å². The first-order valence-electron chi connectivity index (χ1n) is 6.27. The molecular formula is C14H19NS. The first-order chi connectivity index (χ1) is 7.84. The van der Waals surface area contributed by atoms with E-state index in [4.69, 9.17) is 0 Å². The van der Waals surface area contributed by atoms with Crippen LogP contribution >= 0.6 is 11.8 Å². The van der Waals surface area contributed by atoms with Gasteiger partial charge >= 0.3 is 0 Å². The molecule has 0 radical (unpaired) electrons. The van der Waals surface area contributed by atoms with Gasteiger partial charge in [0.05, 0.1) is 0 Å². The highest BCUT2D eigenvalue weighted by Crippen LogP contribution is 2.34. The van der Waals surface area contributed by atoms with Crippen molar-refractivity contribution in [3.8, 4) is 0 Å².